The largest absolute Gasteiger partial charge is 0.492 e. The summed E-state index contributed by atoms with van der Waals surface area (Å²) in [6, 6.07) is 5.81. The molecular formula is C12H14Br2O2. The maximum Gasteiger partial charge on any atom is 0.133 e. The molecule has 0 fully saturated rings. The van der Waals surface area contributed by atoms with E-state index in [2.05, 4.69) is 31.9 Å². The van der Waals surface area contributed by atoms with Crippen LogP contribution in [-0.4, -0.2) is 12.4 Å². The second-order valence-corrected chi connectivity index (χ2v) is 5.35. The molecule has 1 aromatic rings. The van der Waals surface area contributed by atoms with E-state index in [1.54, 1.807) is 6.92 Å². The summed E-state index contributed by atoms with van der Waals surface area (Å²) < 4.78 is 7.55. The smallest absolute Gasteiger partial charge is 0.133 e. The van der Waals surface area contributed by atoms with E-state index in [0.717, 1.165) is 27.5 Å². The summed E-state index contributed by atoms with van der Waals surface area (Å²) in [5.41, 5.74) is 0. The van der Waals surface area contributed by atoms with Crippen molar-refractivity contribution in [2.45, 2.75) is 26.2 Å². The van der Waals surface area contributed by atoms with Crippen LogP contribution in [0.2, 0.25) is 0 Å². The lowest BCUT2D eigenvalue weighted by Gasteiger charge is -2.07. The fourth-order valence-electron chi connectivity index (χ4n) is 1.25. The summed E-state index contributed by atoms with van der Waals surface area (Å²) in [5, 5.41) is 0. The number of carbonyl (C=O) groups is 1. The highest BCUT2D eigenvalue weighted by Crippen LogP contribution is 2.28. The quantitative estimate of drug-likeness (QED) is 0.713. The van der Waals surface area contributed by atoms with Gasteiger partial charge in [0, 0.05) is 10.9 Å². The second kappa shape index (κ2) is 7.07. The van der Waals surface area contributed by atoms with Crippen LogP contribution in [0.4, 0.5) is 0 Å². The van der Waals surface area contributed by atoms with Crippen molar-refractivity contribution < 1.29 is 9.53 Å². The molecule has 0 aliphatic heterocycles. The van der Waals surface area contributed by atoms with Crippen molar-refractivity contribution in [3.8, 4) is 5.75 Å². The Morgan fingerprint density at radius 1 is 1.31 bits per heavy atom. The molecule has 0 aromatic heterocycles. The molecule has 0 heterocycles. The standard InChI is InChI=1S/C12H14Br2O2/c1-9(15)4-2-3-7-16-12-6-5-10(13)8-11(12)14/h5-6,8H,2-4,7H2,1H3. The number of carbonyl (C=O) groups excluding carboxylic acids is 1. The number of hydrogen-bond acceptors (Lipinski definition) is 2. The summed E-state index contributed by atoms with van der Waals surface area (Å²) >= 11 is 6.81. The SMILES string of the molecule is CC(=O)CCCCOc1ccc(Br)cc1Br. The zero-order valence-electron chi connectivity index (χ0n) is 9.13. The molecule has 0 bridgehead atoms. The summed E-state index contributed by atoms with van der Waals surface area (Å²) in [6.07, 6.45) is 2.44. The van der Waals surface area contributed by atoms with E-state index in [-0.39, 0.29) is 5.78 Å². The molecule has 0 saturated carbocycles. The van der Waals surface area contributed by atoms with Crippen LogP contribution in [0.1, 0.15) is 26.2 Å². The number of halogens is 2. The van der Waals surface area contributed by atoms with Crippen LogP contribution in [0.3, 0.4) is 0 Å². The van der Waals surface area contributed by atoms with Gasteiger partial charge < -0.3 is 9.53 Å². The lowest BCUT2D eigenvalue weighted by molar-refractivity contribution is -0.117. The molecule has 0 atom stereocenters. The van der Waals surface area contributed by atoms with Crippen LogP contribution in [0.15, 0.2) is 27.1 Å². The molecule has 0 amide bonds. The summed E-state index contributed by atoms with van der Waals surface area (Å²) in [5.74, 6) is 1.08. The van der Waals surface area contributed by atoms with Crippen molar-refractivity contribution in [2.24, 2.45) is 0 Å². The van der Waals surface area contributed by atoms with Crippen molar-refractivity contribution >= 4 is 37.6 Å². The van der Waals surface area contributed by atoms with Gasteiger partial charge in [0.1, 0.15) is 11.5 Å². The molecule has 0 unspecified atom stereocenters. The van der Waals surface area contributed by atoms with Crippen LogP contribution in [-0.2, 0) is 4.79 Å². The van der Waals surface area contributed by atoms with E-state index in [9.17, 15) is 4.79 Å². The van der Waals surface area contributed by atoms with Crippen LogP contribution in [0.25, 0.3) is 0 Å². The maximum absolute atomic E-state index is 10.7. The first-order valence-electron chi connectivity index (χ1n) is 5.17. The van der Waals surface area contributed by atoms with Crippen LogP contribution in [0, 0.1) is 0 Å². The molecule has 4 heteroatoms. The summed E-state index contributed by atoms with van der Waals surface area (Å²) in [4.78, 5) is 10.7. The monoisotopic (exact) mass is 348 g/mol. The lowest BCUT2D eigenvalue weighted by Crippen LogP contribution is -1.99. The molecule has 1 aromatic carbocycles. The number of hydrogen-bond donors (Lipinski definition) is 0. The Morgan fingerprint density at radius 3 is 2.69 bits per heavy atom. The molecule has 1 rings (SSSR count). The van der Waals surface area contributed by atoms with E-state index in [4.69, 9.17) is 4.74 Å². The molecule has 16 heavy (non-hydrogen) atoms. The highest BCUT2D eigenvalue weighted by Gasteiger charge is 2.01. The van der Waals surface area contributed by atoms with E-state index >= 15 is 0 Å². The van der Waals surface area contributed by atoms with Crippen molar-refractivity contribution in [3.05, 3.63) is 27.1 Å². The number of Topliss-reactive ketones (excluding diaryl/α,β-unsaturated/α-hetero) is 1. The van der Waals surface area contributed by atoms with Crippen LogP contribution >= 0.6 is 31.9 Å². The van der Waals surface area contributed by atoms with Crippen LogP contribution in [0.5, 0.6) is 5.75 Å². The van der Waals surface area contributed by atoms with Gasteiger partial charge in [0.15, 0.2) is 0 Å². The van der Waals surface area contributed by atoms with Gasteiger partial charge in [-0.2, -0.15) is 0 Å². The third-order valence-corrected chi connectivity index (χ3v) is 3.19. The molecule has 2 nitrogen and oxygen atoms in total. The zero-order chi connectivity index (χ0) is 12.0. The third kappa shape index (κ3) is 5.12. The molecule has 0 aliphatic rings. The molecule has 88 valence electrons. The number of unbranched alkanes of at least 4 members (excludes halogenated alkanes) is 1. The minimum Gasteiger partial charge on any atom is -0.492 e. The normalized spacial score (nSPS) is 10.2. The van der Waals surface area contributed by atoms with Gasteiger partial charge in [-0.3, -0.25) is 0 Å². The average molecular weight is 350 g/mol. The second-order valence-electron chi connectivity index (χ2n) is 3.58. The maximum atomic E-state index is 10.7. The van der Waals surface area contributed by atoms with Crippen molar-refractivity contribution in [1.82, 2.24) is 0 Å². The number of ketones is 1. The number of benzene rings is 1. The molecule has 0 N–H and O–H groups in total. The van der Waals surface area contributed by atoms with Gasteiger partial charge in [0.25, 0.3) is 0 Å². The van der Waals surface area contributed by atoms with Crippen molar-refractivity contribution in [1.29, 1.82) is 0 Å². The van der Waals surface area contributed by atoms with Gasteiger partial charge in [-0.15, -0.1) is 0 Å². The van der Waals surface area contributed by atoms with Crippen molar-refractivity contribution in [2.75, 3.05) is 6.61 Å². The molecular weight excluding hydrogens is 336 g/mol. The van der Waals surface area contributed by atoms with Crippen LogP contribution < -0.4 is 4.74 Å². The van der Waals surface area contributed by atoms with E-state index in [1.807, 2.05) is 18.2 Å². The predicted molar refractivity (Wildman–Crippen MR) is 71.9 cm³/mol. The fourth-order valence-corrected chi connectivity index (χ4v) is 2.41. The highest BCUT2D eigenvalue weighted by atomic mass is 79.9. The average Bonchev–Trinajstić information content (AvgIpc) is 2.20. The first-order valence-corrected chi connectivity index (χ1v) is 6.75. The van der Waals surface area contributed by atoms with Gasteiger partial charge in [0.2, 0.25) is 0 Å². The first kappa shape index (κ1) is 13.7. The zero-order valence-corrected chi connectivity index (χ0v) is 12.3. The molecule has 0 radical (unpaired) electrons. The van der Waals surface area contributed by atoms with Gasteiger partial charge >= 0.3 is 0 Å². The Bertz CT molecular complexity index is 364. The minimum atomic E-state index is 0.241. The molecule has 0 aliphatic carbocycles. The van der Waals surface area contributed by atoms with Crippen molar-refractivity contribution in [3.63, 3.8) is 0 Å². The Morgan fingerprint density at radius 2 is 2.06 bits per heavy atom. The summed E-state index contributed by atoms with van der Waals surface area (Å²) in [7, 11) is 0. The number of rotatable bonds is 6. The lowest BCUT2D eigenvalue weighted by atomic mass is 10.2. The van der Waals surface area contributed by atoms with Gasteiger partial charge in [-0.05, 0) is 53.9 Å². The topological polar surface area (TPSA) is 26.3 Å². The van der Waals surface area contributed by atoms with Gasteiger partial charge in [-0.1, -0.05) is 15.9 Å². The van der Waals surface area contributed by atoms with E-state index in [1.165, 1.54) is 0 Å². The van der Waals surface area contributed by atoms with Gasteiger partial charge in [0.05, 0.1) is 11.1 Å². The third-order valence-electron chi connectivity index (χ3n) is 2.07. The first-order chi connectivity index (χ1) is 7.59. The van der Waals surface area contributed by atoms with E-state index < -0.39 is 0 Å². The minimum absolute atomic E-state index is 0.241. The molecule has 0 saturated heterocycles. The fraction of sp³-hybridized carbons (Fsp3) is 0.417. The van der Waals surface area contributed by atoms with E-state index in [0.29, 0.717) is 13.0 Å². The van der Waals surface area contributed by atoms with Gasteiger partial charge in [-0.25, -0.2) is 0 Å². The summed E-state index contributed by atoms with van der Waals surface area (Å²) in [6.45, 7) is 2.26. The highest BCUT2D eigenvalue weighted by molar-refractivity contribution is 9.11. The Hall–Kier alpha value is -0.350. The Balaban J connectivity index is 2.29. The Kier molecular flexibility index (Phi) is 6.06. The number of ether oxygens (including phenoxy) is 1. The molecule has 0 spiro atoms. The Labute approximate surface area is 113 Å². The predicted octanol–water partition coefficient (Wildman–Crippen LogP) is 4.35.